The third-order valence-electron chi connectivity index (χ3n) is 10.1. The summed E-state index contributed by atoms with van der Waals surface area (Å²) in [5, 5.41) is 0. The first-order valence-electron chi connectivity index (χ1n) is 13.8. The maximum absolute atomic E-state index is 2.68. The van der Waals surface area contributed by atoms with E-state index in [-0.39, 0.29) is 17.0 Å². The van der Waals surface area contributed by atoms with Crippen LogP contribution in [0.4, 0.5) is 0 Å². The van der Waals surface area contributed by atoms with Gasteiger partial charge < -0.3 is 9.80 Å². The Labute approximate surface area is 225 Å². The molecule has 0 N–H and O–H groups in total. The van der Waals surface area contributed by atoms with Crippen LogP contribution in [0.3, 0.4) is 0 Å². The molecule has 38 heavy (non-hydrogen) atoms. The van der Waals surface area contributed by atoms with Gasteiger partial charge in [0.15, 0.2) is 0 Å². The number of benzene rings is 3. The minimum absolute atomic E-state index is 0.0112. The van der Waals surface area contributed by atoms with Crippen molar-refractivity contribution >= 4 is 16.8 Å². The second-order valence-electron chi connectivity index (χ2n) is 11.7. The highest BCUT2D eigenvalue weighted by atomic mass is 15.3. The largest absolute Gasteiger partial charge is 0.360 e. The Balaban J connectivity index is 1.32. The van der Waals surface area contributed by atoms with Crippen LogP contribution < -0.4 is 0 Å². The lowest BCUT2D eigenvalue weighted by atomic mass is 9.80. The van der Waals surface area contributed by atoms with Gasteiger partial charge in [0.25, 0.3) is 0 Å². The lowest BCUT2D eigenvalue weighted by Gasteiger charge is -2.43. The van der Waals surface area contributed by atoms with E-state index in [1.54, 1.807) is 0 Å². The van der Waals surface area contributed by atoms with E-state index in [0.29, 0.717) is 5.92 Å². The van der Waals surface area contributed by atoms with Crippen LogP contribution in [0.25, 0.3) is 16.8 Å². The van der Waals surface area contributed by atoms with Crippen molar-refractivity contribution in [2.75, 3.05) is 6.54 Å². The molecule has 0 amide bonds. The molecule has 2 heteroatoms. The molecular weight excluding hydrogens is 460 g/mol. The second kappa shape index (κ2) is 7.51. The molecule has 4 unspecified atom stereocenters. The van der Waals surface area contributed by atoms with Crippen molar-refractivity contribution in [1.29, 1.82) is 0 Å². The maximum Gasteiger partial charge on any atom is 0.0776 e. The van der Waals surface area contributed by atoms with Gasteiger partial charge >= 0.3 is 0 Å². The number of allylic oxidation sites excluding steroid dienone is 4. The summed E-state index contributed by atoms with van der Waals surface area (Å²) in [6.07, 6.45) is 14.2. The molecule has 5 aliphatic rings. The Morgan fingerprint density at radius 3 is 2.39 bits per heavy atom. The van der Waals surface area contributed by atoms with Crippen LogP contribution >= 0.6 is 0 Å². The van der Waals surface area contributed by atoms with Gasteiger partial charge in [-0.1, -0.05) is 104 Å². The van der Waals surface area contributed by atoms with Gasteiger partial charge in [-0.3, -0.25) is 0 Å². The summed E-state index contributed by atoms with van der Waals surface area (Å²) in [6.45, 7) is 8.22. The molecule has 186 valence electrons. The average Bonchev–Trinajstić information content (AvgIpc) is 3.50. The van der Waals surface area contributed by atoms with Crippen LogP contribution in [0, 0.1) is 5.92 Å². The van der Waals surface area contributed by atoms with E-state index in [0.717, 1.165) is 6.54 Å². The van der Waals surface area contributed by atoms with Crippen molar-refractivity contribution < 1.29 is 0 Å². The fourth-order valence-corrected chi connectivity index (χ4v) is 8.12. The second-order valence-corrected chi connectivity index (χ2v) is 11.7. The van der Waals surface area contributed by atoms with E-state index in [1.165, 1.54) is 50.2 Å². The van der Waals surface area contributed by atoms with Gasteiger partial charge in [0, 0.05) is 47.1 Å². The van der Waals surface area contributed by atoms with Crippen molar-refractivity contribution in [3.8, 4) is 0 Å². The lowest BCUT2D eigenvalue weighted by Crippen LogP contribution is -2.44. The minimum atomic E-state index is 0.0112. The van der Waals surface area contributed by atoms with Crippen LogP contribution in [-0.4, -0.2) is 21.9 Å². The first-order chi connectivity index (χ1) is 18.5. The zero-order valence-corrected chi connectivity index (χ0v) is 22.2. The Hall–Kier alpha value is -4.04. The number of rotatable bonds is 2. The molecule has 4 atom stereocenters. The van der Waals surface area contributed by atoms with E-state index < -0.39 is 0 Å². The Morgan fingerprint density at radius 2 is 1.55 bits per heavy atom. The van der Waals surface area contributed by atoms with E-state index in [1.807, 2.05) is 0 Å². The summed E-state index contributed by atoms with van der Waals surface area (Å²) in [6, 6.07) is 29.3. The standard InChI is InChI=1S/C36H32N2/c1-24-21-33-27-16-8-7-15-26(27)30(23-37(33)22-29(24)25-13-5-4-6-14-25)34-35(2)31-18-10-9-17-28(31)32-19-11-12-20-38(32)36(34,35)3/h4-19,21-23,33-34H,20H2,1-3H3. The molecule has 0 saturated heterocycles. The van der Waals surface area contributed by atoms with Crippen molar-refractivity contribution in [2.45, 2.75) is 37.8 Å². The molecule has 3 aromatic rings. The third-order valence-corrected chi connectivity index (χ3v) is 10.1. The molecule has 4 heterocycles. The van der Waals surface area contributed by atoms with Gasteiger partial charge in [-0.15, -0.1) is 0 Å². The Kier molecular flexibility index (Phi) is 4.35. The molecule has 1 fully saturated rings. The molecule has 3 aromatic carbocycles. The summed E-state index contributed by atoms with van der Waals surface area (Å²) in [4.78, 5) is 5.16. The molecular formula is C36H32N2. The van der Waals surface area contributed by atoms with Crippen molar-refractivity contribution in [1.82, 2.24) is 9.80 Å². The molecule has 8 rings (SSSR count). The van der Waals surface area contributed by atoms with E-state index in [2.05, 4.69) is 146 Å². The highest BCUT2D eigenvalue weighted by Crippen LogP contribution is 2.74. The van der Waals surface area contributed by atoms with Crippen LogP contribution in [0.2, 0.25) is 0 Å². The first-order valence-corrected chi connectivity index (χ1v) is 13.8. The summed E-state index contributed by atoms with van der Waals surface area (Å²) < 4.78 is 0. The number of hydrogen-bond acceptors (Lipinski definition) is 2. The fraction of sp³-hybridized carbons (Fsp3) is 0.222. The highest BCUT2D eigenvalue weighted by Gasteiger charge is 2.78. The van der Waals surface area contributed by atoms with Gasteiger partial charge in [-0.2, -0.15) is 0 Å². The fourth-order valence-electron chi connectivity index (χ4n) is 8.12. The molecule has 1 saturated carbocycles. The predicted octanol–water partition coefficient (Wildman–Crippen LogP) is 7.96. The van der Waals surface area contributed by atoms with E-state index in [9.17, 15) is 0 Å². The third kappa shape index (κ3) is 2.63. The number of nitrogens with zero attached hydrogens (tertiary/aromatic N) is 2. The van der Waals surface area contributed by atoms with Crippen molar-refractivity contribution in [3.63, 3.8) is 0 Å². The Bertz CT molecular complexity index is 1650. The normalized spacial score (nSPS) is 30.0. The summed E-state index contributed by atoms with van der Waals surface area (Å²) >= 11 is 0. The van der Waals surface area contributed by atoms with Gasteiger partial charge in [-0.25, -0.2) is 0 Å². The van der Waals surface area contributed by atoms with Crippen molar-refractivity contribution in [3.05, 3.63) is 149 Å². The molecule has 0 radical (unpaired) electrons. The van der Waals surface area contributed by atoms with Crippen LogP contribution in [0.5, 0.6) is 0 Å². The maximum atomic E-state index is 2.68. The predicted molar refractivity (Wildman–Crippen MR) is 157 cm³/mol. The monoisotopic (exact) mass is 492 g/mol. The van der Waals surface area contributed by atoms with Crippen LogP contribution in [-0.2, 0) is 5.41 Å². The number of fused-ring (bicyclic) bond motifs is 9. The Morgan fingerprint density at radius 1 is 0.816 bits per heavy atom. The van der Waals surface area contributed by atoms with Crippen LogP contribution in [0.15, 0.2) is 121 Å². The zero-order chi connectivity index (χ0) is 25.6. The molecule has 0 aromatic heterocycles. The lowest BCUT2D eigenvalue weighted by molar-refractivity contribution is 0.269. The SMILES string of the molecule is CC1=CC2c3ccccc3C(C3C4(C)c5ccccc5C5=CC=CCN5C34C)=CN2C=C1c1ccccc1. The minimum Gasteiger partial charge on any atom is -0.360 e. The summed E-state index contributed by atoms with van der Waals surface area (Å²) in [7, 11) is 0. The zero-order valence-electron chi connectivity index (χ0n) is 22.2. The van der Waals surface area contributed by atoms with Crippen LogP contribution in [0.1, 0.15) is 54.6 Å². The molecule has 1 aliphatic carbocycles. The molecule has 0 spiro atoms. The van der Waals surface area contributed by atoms with Gasteiger partial charge in [0.05, 0.1) is 11.6 Å². The summed E-state index contributed by atoms with van der Waals surface area (Å²) in [5.41, 5.74) is 12.5. The highest BCUT2D eigenvalue weighted by molar-refractivity contribution is 5.87. The smallest absolute Gasteiger partial charge is 0.0776 e. The summed E-state index contributed by atoms with van der Waals surface area (Å²) in [5.74, 6) is 0.385. The van der Waals surface area contributed by atoms with Crippen molar-refractivity contribution in [2.24, 2.45) is 5.92 Å². The van der Waals surface area contributed by atoms with Gasteiger partial charge in [-0.05, 0) is 53.3 Å². The molecule has 0 bridgehead atoms. The van der Waals surface area contributed by atoms with Gasteiger partial charge in [0.1, 0.15) is 0 Å². The first kappa shape index (κ1) is 22.0. The molecule has 2 nitrogen and oxygen atoms in total. The van der Waals surface area contributed by atoms with E-state index in [4.69, 9.17) is 0 Å². The molecule has 4 aliphatic heterocycles. The van der Waals surface area contributed by atoms with E-state index >= 15 is 0 Å². The quantitative estimate of drug-likeness (QED) is 0.358. The topological polar surface area (TPSA) is 6.48 Å². The average molecular weight is 493 g/mol. The number of hydrogen-bond donors (Lipinski definition) is 0. The van der Waals surface area contributed by atoms with Gasteiger partial charge in [0.2, 0.25) is 0 Å².